The van der Waals surface area contributed by atoms with Crippen LogP contribution in [0.2, 0.25) is 0 Å². The molecule has 7 nitrogen and oxygen atoms in total. The number of carbonyl (C=O) groups is 1. The number of fused-ring (bicyclic) bond motifs is 1. The van der Waals surface area contributed by atoms with Crippen LogP contribution in [0.1, 0.15) is 40.4 Å². The van der Waals surface area contributed by atoms with Crippen LogP contribution in [-0.4, -0.2) is 37.4 Å². The van der Waals surface area contributed by atoms with Crippen molar-refractivity contribution in [3.8, 4) is 5.69 Å². The Morgan fingerprint density at radius 3 is 2.43 bits per heavy atom. The normalized spacial score (nSPS) is 14.2. The number of anilines is 1. The molecule has 0 unspecified atom stereocenters. The molecule has 2 N–H and O–H groups in total. The van der Waals surface area contributed by atoms with E-state index in [-0.39, 0.29) is 5.91 Å². The molecule has 1 amide bonds. The SMILES string of the molecule is CNC(=O)c1c2cc(C3CC3)c(NS(C)(=O)=O)cc2nn1-c1ccc(C)cc1. The van der Waals surface area contributed by atoms with Gasteiger partial charge in [-0.3, -0.25) is 9.52 Å². The van der Waals surface area contributed by atoms with E-state index in [1.165, 1.54) is 0 Å². The van der Waals surface area contributed by atoms with E-state index in [0.29, 0.717) is 28.2 Å². The van der Waals surface area contributed by atoms with Crippen molar-refractivity contribution < 1.29 is 13.2 Å². The van der Waals surface area contributed by atoms with Crippen LogP contribution in [0.15, 0.2) is 36.4 Å². The summed E-state index contributed by atoms with van der Waals surface area (Å²) in [7, 11) is -1.83. The van der Waals surface area contributed by atoms with Crippen molar-refractivity contribution in [2.75, 3.05) is 18.0 Å². The van der Waals surface area contributed by atoms with Crippen molar-refractivity contribution in [1.29, 1.82) is 0 Å². The van der Waals surface area contributed by atoms with Gasteiger partial charge in [0.2, 0.25) is 10.0 Å². The van der Waals surface area contributed by atoms with Crippen molar-refractivity contribution in [2.45, 2.75) is 25.7 Å². The van der Waals surface area contributed by atoms with Gasteiger partial charge in [-0.2, -0.15) is 5.10 Å². The summed E-state index contributed by atoms with van der Waals surface area (Å²) in [4.78, 5) is 12.7. The van der Waals surface area contributed by atoms with Crippen LogP contribution in [0.3, 0.4) is 0 Å². The number of sulfonamides is 1. The molecule has 0 aliphatic heterocycles. The number of hydrogen-bond donors (Lipinski definition) is 2. The van der Waals surface area contributed by atoms with Crippen LogP contribution in [0.4, 0.5) is 5.69 Å². The highest BCUT2D eigenvalue weighted by Gasteiger charge is 2.29. The Bertz CT molecular complexity index is 1180. The number of benzene rings is 2. The molecule has 1 aliphatic rings. The first-order chi connectivity index (χ1) is 13.3. The van der Waals surface area contributed by atoms with Gasteiger partial charge in [0.1, 0.15) is 5.69 Å². The zero-order valence-corrected chi connectivity index (χ0v) is 16.8. The van der Waals surface area contributed by atoms with E-state index in [0.717, 1.165) is 35.9 Å². The van der Waals surface area contributed by atoms with Crippen molar-refractivity contribution in [3.05, 3.63) is 53.2 Å². The van der Waals surface area contributed by atoms with E-state index in [4.69, 9.17) is 0 Å². The van der Waals surface area contributed by atoms with Crippen LogP contribution < -0.4 is 10.0 Å². The Balaban J connectivity index is 1.97. The van der Waals surface area contributed by atoms with Crippen LogP contribution in [0.25, 0.3) is 16.6 Å². The second kappa shape index (κ2) is 6.63. The molecule has 1 fully saturated rings. The van der Waals surface area contributed by atoms with Gasteiger partial charge in [-0.25, -0.2) is 13.1 Å². The Morgan fingerprint density at radius 2 is 1.86 bits per heavy atom. The molecule has 1 aliphatic carbocycles. The molecular formula is C20H22N4O3S. The third-order valence-corrected chi connectivity index (χ3v) is 5.47. The molecule has 1 heterocycles. The van der Waals surface area contributed by atoms with Crippen molar-refractivity contribution in [2.24, 2.45) is 0 Å². The van der Waals surface area contributed by atoms with Crippen LogP contribution in [0.5, 0.6) is 0 Å². The number of rotatable bonds is 5. The molecule has 1 aromatic heterocycles. The number of hydrogen-bond acceptors (Lipinski definition) is 4. The highest BCUT2D eigenvalue weighted by Crippen LogP contribution is 2.45. The Labute approximate surface area is 163 Å². The lowest BCUT2D eigenvalue weighted by atomic mass is 10.0. The van der Waals surface area contributed by atoms with Crippen molar-refractivity contribution in [1.82, 2.24) is 15.1 Å². The summed E-state index contributed by atoms with van der Waals surface area (Å²) in [6, 6.07) is 11.4. The summed E-state index contributed by atoms with van der Waals surface area (Å²) >= 11 is 0. The lowest BCUT2D eigenvalue weighted by Crippen LogP contribution is -2.21. The van der Waals surface area contributed by atoms with E-state index in [1.807, 2.05) is 37.3 Å². The molecule has 0 spiro atoms. The maximum atomic E-state index is 12.7. The largest absolute Gasteiger partial charge is 0.354 e. The molecule has 28 heavy (non-hydrogen) atoms. The lowest BCUT2D eigenvalue weighted by Gasteiger charge is -2.11. The fourth-order valence-corrected chi connectivity index (χ4v) is 3.96. The molecular weight excluding hydrogens is 376 g/mol. The van der Waals surface area contributed by atoms with Gasteiger partial charge in [0.05, 0.1) is 23.1 Å². The number of nitrogens with zero attached hydrogens (tertiary/aromatic N) is 2. The molecule has 0 atom stereocenters. The first-order valence-electron chi connectivity index (χ1n) is 9.10. The average Bonchev–Trinajstić information content (AvgIpc) is 3.41. The molecule has 2 aromatic carbocycles. The summed E-state index contributed by atoms with van der Waals surface area (Å²) in [5, 5.41) is 8.01. The second-order valence-corrected chi connectivity index (χ2v) is 9.03. The standard InChI is InChI=1S/C20H22N4O3S/c1-12-4-8-14(9-5-12)24-19(20(25)21-2)16-10-15(13-6-7-13)18(11-17(16)22-24)23-28(3,26)27/h4-5,8-11,13,23H,6-7H2,1-3H3,(H,21,25). The Morgan fingerprint density at radius 1 is 1.18 bits per heavy atom. The highest BCUT2D eigenvalue weighted by molar-refractivity contribution is 7.92. The van der Waals surface area contributed by atoms with E-state index in [1.54, 1.807) is 17.8 Å². The zero-order valence-electron chi connectivity index (χ0n) is 16.0. The monoisotopic (exact) mass is 398 g/mol. The first-order valence-corrected chi connectivity index (χ1v) is 11.0. The van der Waals surface area contributed by atoms with Crippen molar-refractivity contribution in [3.63, 3.8) is 0 Å². The zero-order chi connectivity index (χ0) is 20.1. The van der Waals surface area contributed by atoms with Crippen LogP contribution in [-0.2, 0) is 10.0 Å². The van der Waals surface area contributed by atoms with Gasteiger partial charge in [0.15, 0.2) is 0 Å². The summed E-state index contributed by atoms with van der Waals surface area (Å²) in [6.45, 7) is 1.99. The third kappa shape index (κ3) is 3.47. The van der Waals surface area contributed by atoms with Gasteiger partial charge in [-0.15, -0.1) is 0 Å². The summed E-state index contributed by atoms with van der Waals surface area (Å²) in [6.07, 6.45) is 3.14. The van der Waals surface area contributed by atoms with Gasteiger partial charge < -0.3 is 5.32 Å². The number of carbonyl (C=O) groups excluding carboxylic acids is 1. The summed E-state index contributed by atoms with van der Waals surface area (Å²) < 4.78 is 27.8. The van der Waals surface area contributed by atoms with E-state index < -0.39 is 10.0 Å². The quantitative estimate of drug-likeness (QED) is 0.691. The molecule has 146 valence electrons. The second-order valence-electron chi connectivity index (χ2n) is 7.28. The lowest BCUT2D eigenvalue weighted by molar-refractivity contribution is 0.0957. The molecule has 8 heteroatoms. The van der Waals surface area contributed by atoms with Crippen LogP contribution in [0, 0.1) is 6.92 Å². The minimum Gasteiger partial charge on any atom is -0.354 e. The molecule has 4 rings (SSSR count). The number of amides is 1. The summed E-state index contributed by atoms with van der Waals surface area (Å²) in [5.41, 5.74) is 4.33. The molecule has 1 saturated carbocycles. The fraction of sp³-hybridized carbons (Fsp3) is 0.300. The predicted octanol–water partition coefficient (Wildman–Crippen LogP) is 2.94. The smallest absolute Gasteiger partial charge is 0.270 e. The minimum atomic E-state index is -3.42. The maximum Gasteiger partial charge on any atom is 0.270 e. The van der Waals surface area contributed by atoms with E-state index >= 15 is 0 Å². The predicted molar refractivity (Wildman–Crippen MR) is 110 cm³/mol. The summed E-state index contributed by atoms with van der Waals surface area (Å²) in [5.74, 6) is 0.0579. The fourth-order valence-electron chi connectivity index (χ4n) is 3.38. The Hall–Kier alpha value is -2.87. The number of aryl methyl sites for hydroxylation is 1. The third-order valence-electron chi connectivity index (χ3n) is 4.88. The number of aromatic nitrogens is 2. The molecule has 3 aromatic rings. The number of nitrogens with one attached hydrogen (secondary N) is 2. The molecule has 0 bridgehead atoms. The van der Waals surface area contributed by atoms with Gasteiger partial charge in [-0.05, 0) is 55.5 Å². The minimum absolute atomic E-state index is 0.242. The average molecular weight is 398 g/mol. The van der Waals surface area contributed by atoms with Gasteiger partial charge >= 0.3 is 0 Å². The maximum absolute atomic E-state index is 12.7. The Kier molecular flexibility index (Phi) is 4.38. The van der Waals surface area contributed by atoms with Gasteiger partial charge in [-0.1, -0.05) is 17.7 Å². The first kappa shape index (κ1) is 18.5. The van der Waals surface area contributed by atoms with Gasteiger partial charge in [0, 0.05) is 12.4 Å². The van der Waals surface area contributed by atoms with E-state index in [9.17, 15) is 13.2 Å². The molecule has 0 saturated heterocycles. The van der Waals surface area contributed by atoms with Crippen molar-refractivity contribution >= 4 is 32.5 Å². The van der Waals surface area contributed by atoms with Gasteiger partial charge in [0.25, 0.3) is 5.91 Å². The van der Waals surface area contributed by atoms with E-state index in [2.05, 4.69) is 15.1 Å². The highest BCUT2D eigenvalue weighted by atomic mass is 32.2. The van der Waals surface area contributed by atoms with Crippen LogP contribution >= 0.6 is 0 Å². The molecule has 0 radical (unpaired) electrons. The topological polar surface area (TPSA) is 93.1 Å².